The molecule has 0 radical (unpaired) electrons. The van der Waals surface area contributed by atoms with Gasteiger partial charge in [0, 0.05) is 12.4 Å². The first-order valence-corrected chi connectivity index (χ1v) is 4.97. The zero-order chi connectivity index (χ0) is 12.7. The SMILES string of the molecule is FC(F)n1ccnc1CNC1(C(F)(F)F)CC1. The van der Waals surface area contributed by atoms with Gasteiger partial charge in [-0.25, -0.2) is 4.98 Å². The van der Waals surface area contributed by atoms with Gasteiger partial charge in [-0.2, -0.15) is 22.0 Å². The average molecular weight is 255 g/mol. The molecule has 1 heterocycles. The lowest BCUT2D eigenvalue weighted by molar-refractivity contribution is -0.166. The van der Waals surface area contributed by atoms with Gasteiger partial charge in [0.05, 0.1) is 6.54 Å². The van der Waals surface area contributed by atoms with Crippen LogP contribution in [0.1, 0.15) is 25.2 Å². The molecule has 1 saturated carbocycles. The van der Waals surface area contributed by atoms with Crippen molar-refractivity contribution in [3.8, 4) is 0 Å². The molecule has 8 heteroatoms. The van der Waals surface area contributed by atoms with Crippen molar-refractivity contribution in [3.63, 3.8) is 0 Å². The molecule has 1 aliphatic carbocycles. The summed E-state index contributed by atoms with van der Waals surface area (Å²) >= 11 is 0. The summed E-state index contributed by atoms with van der Waals surface area (Å²) in [6.45, 7) is -3.12. The maximum absolute atomic E-state index is 12.5. The summed E-state index contributed by atoms with van der Waals surface area (Å²) in [6.07, 6.45) is -2.22. The van der Waals surface area contributed by atoms with Crippen LogP contribution in [0, 0.1) is 0 Å². The summed E-state index contributed by atoms with van der Waals surface area (Å²) in [5.41, 5.74) is -1.91. The standard InChI is InChI=1S/C9H10F5N3/c10-7(11)17-4-3-15-6(17)5-16-8(1-2-8)9(12,13)14/h3-4,7,16H,1-2,5H2. The molecule has 0 atom stereocenters. The van der Waals surface area contributed by atoms with Gasteiger partial charge in [0.2, 0.25) is 0 Å². The summed E-state index contributed by atoms with van der Waals surface area (Å²) in [5.74, 6) is -0.101. The van der Waals surface area contributed by atoms with Crippen LogP contribution in [0.5, 0.6) is 0 Å². The molecule has 3 nitrogen and oxygen atoms in total. The molecule has 0 amide bonds. The lowest BCUT2D eigenvalue weighted by Gasteiger charge is -2.20. The fourth-order valence-electron chi connectivity index (χ4n) is 1.59. The molecule has 2 rings (SSSR count). The average Bonchev–Trinajstić information content (AvgIpc) is 2.86. The van der Waals surface area contributed by atoms with E-state index in [0.717, 1.165) is 12.4 Å². The van der Waals surface area contributed by atoms with Crippen LogP contribution in [-0.2, 0) is 6.54 Å². The van der Waals surface area contributed by atoms with E-state index in [1.54, 1.807) is 0 Å². The van der Waals surface area contributed by atoms with E-state index < -0.39 is 18.3 Å². The molecule has 0 bridgehead atoms. The summed E-state index contributed by atoms with van der Waals surface area (Å²) in [5, 5.41) is 2.27. The van der Waals surface area contributed by atoms with E-state index in [4.69, 9.17) is 0 Å². The van der Waals surface area contributed by atoms with Crippen LogP contribution in [0.15, 0.2) is 12.4 Å². The number of nitrogens with zero attached hydrogens (tertiary/aromatic N) is 2. The van der Waals surface area contributed by atoms with Crippen LogP contribution >= 0.6 is 0 Å². The third-order valence-corrected chi connectivity index (χ3v) is 2.84. The second-order valence-corrected chi connectivity index (χ2v) is 3.96. The second kappa shape index (κ2) is 3.94. The fraction of sp³-hybridized carbons (Fsp3) is 0.667. The van der Waals surface area contributed by atoms with Crippen LogP contribution in [0.25, 0.3) is 0 Å². The predicted octanol–water partition coefficient (Wildman–Crippen LogP) is 2.46. The minimum Gasteiger partial charge on any atom is -0.297 e. The largest absolute Gasteiger partial charge is 0.406 e. The van der Waals surface area contributed by atoms with Crippen molar-refractivity contribution in [2.45, 2.75) is 37.7 Å². The highest BCUT2D eigenvalue weighted by molar-refractivity contribution is 5.09. The van der Waals surface area contributed by atoms with Crippen molar-refractivity contribution in [1.29, 1.82) is 0 Å². The third kappa shape index (κ3) is 2.26. The summed E-state index contributed by atoms with van der Waals surface area (Å²) in [6, 6.07) is 0. The van der Waals surface area contributed by atoms with Crippen molar-refractivity contribution in [2.24, 2.45) is 0 Å². The number of hydrogen-bond acceptors (Lipinski definition) is 2. The normalized spacial score (nSPS) is 18.7. The first-order chi connectivity index (χ1) is 7.86. The van der Waals surface area contributed by atoms with Gasteiger partial charge in [0.25, 0.3) is 0 Å². The summed E-state index contributed by atoms with van der Waals surface area (Å²) in [4.78, 5) is 3.60. The molecular weight excluding hydrogens is 245 g/mol. The molecule has 96 valence electrons. The third-order valence-electron chi connectivity index (χ3n) is 2.84. The highest BCUT2D eigenvalue weighted by Gasteiger charge is 2.63. The number of nitrogens with one attached hydrogen (secondary N) is 1. The highest BCUT2D eigenvalue weighted by atomic mass is 19.4. The van der Waals surface area contributed by atoms with Crippen molar-refractivity contribution >= 4 is 0 Å². The Labute approximate surface area is 93.6 Å². The van der Waals surface area contributed by atoms with E-state index in [0.29, 0.717) is 4.57 Å². The Morgan fingerprint density at radius 3 is 2.53 bits per heavy atom. The quantitative estimate of drug-likeness (QED) is 0.837. The molecule has 0 aliphatic heterocycles. The molecule has 1 aliphatic rings. The Morgan fingerprint density at radius 1 is 1.41 bits per heavy atom. The van der Waals surface area contributed by atoms with E-state index in [1.165, 1.54) is 0 Å². The zero-order valence-corrected chi connectivity index (χ0v) is 8.64. The van der Waals surface area contributed by atoms with Gasteiger partial charge in [-0.3, -0.25) is 9.88 Å². The predicted molar refractivity (Wildman–Crippen MR) is 48.3 cm³/mol. The lowest BCUT2D eigenvalue weighted by Crippen LogP contribution is -2.44. The molecule has 17 heavy (non-hydrogen) atoms. The minimum absolute atomic E-state index is 0.0219. The molecule has 1 aromatic heterocycles. The summed E-state index contributed by atoms with van der Waals surface area (Å²) < 4.78 is 63.0. The van der Waals surface area contributed by atoms with E-state index >= 15 is 0 Å². The van der Waals surface area contributed by atoms with Gasteiger partial charge in [-0.1, -0.05) is 0 Å². The van der Waals surface area contributed by atoms with Crippen molar-refractivity contribution < 1.29 is 22.0 Å². The number of imidazole rings is 1. The molecule has 1 aromatic rings. The van der Waals surface area contributed by atoms with Crippen LogP contribution in [-0.4, -0.2) is 21.3 Å². The van der Waals surface area contributed by atoms with Crippen molar-refractivity contribution in [2.75, 3.05) is 0 Å². The Hall–Kier alpha value is -1.18. The van der Waals surface area contributed by atoms with Gasteiger partial charge < -0.3 is 0 Å². The number of alkyl halides is 5. The maximum Gasteiger partial charge on any atom is 0.406 e. The van der Waals surface area contributed by atoms with E-state index in [-0.39, 0.29) is 25.2 Å². The Kier molecular flexibility index (Phi) is 2.84. The van der Waals surface area contributed by atoms with Crippen LogP contribution in [0.2, 0.25) is 0 Å². The van der Waals surface area contributed by atoms with E-state index in [2.05, 4.69) is 10.3 Å². The first kappa shape index (κ1) is 12.3. The van der Waals surface area contributed by atoms with Crippen molar-refractivity contribution in [1.82, 2.24) is 14.9 Å². The maximum atomic E-state index is 12.5. The number of hydrogen-bond donors (Lipinski definition) is 1. The van der Waals surface area contributed by atoms with E-state index in [1.807, 2.05) is 0 Å². The van der Waals surface area contributed by atoms with Crippen LogP contribution in [0.4, 0.5) is 22.0 Å². The Balaban J connectivity index is 2.01. The Bertz CT molecular complexity index is 394. The highest BCUT2D eigenvalue weighted by Crippen LogP contribution is 2.49. The fourth-order valence-corrected chi connectivity index (χ4v) is 1.59. The first-order valence-electron chi connectivity index (χ1n) is 4.97. The molecule has 1 fully saturated rings. The van der Waals surface area contributed by atoms with Crippen LogP contribution < -0.4 is 5.32 Å². The molecule has 0 unspecified atom stereocenters. The molecule has 0 spiro atoms. The monoisotopic (exact) mass is 255 g/mol. The Morgan fingerprint density at radius 2 is 2.06 bits per heavy atom. The molecular formula is C9H10F5N3. The van der Waals surface area contributed by atoms with Gasteiger partial charge in [0.1, 0.15) is 11.4 Å². The second-order valence-electron chi connectivity index (χ2n) is 3.96. The number of halogens is 5. The van der Waals surface area contributed by atoms with Crippen molar-refractivity contribution in [3.05, 3.63) is 18.2 Å². The minimum atomic E-state index is -4.35. The topological polar surface area (TPSA) is 29.9 Å². The lowest BCUT2D eigenvalue weighted by atomic mass is 10.2. The van der Waals surface area contributed by atoms with Gasteiger partial charge in [-0.05, 0) is 12.8 Å². The van der Waals surface area contributed by atoms with Gasteiger partial charge >= 0.3 is 12.7 Å². The molecule has 0 saturated heterocycles. The van der Waals surface area contributed by atoms with Gasteiger partial charge in [-0.15, -0.1) is 0 Å². The number of aromatic nitrogens is 2. The summed E-state index contributed by atoms with van der Waals surface area (Å²) in [7, 11) is 0. The van der Waals surface area contributed by atoms with E-state index in [9.17, 15) is 22.0 Å². The van der Waals surface area contributed by atoms with Gasteiger partial charge in [0.15, 0.2) is 0 Å². The smallest absolute Gasteiger partial charge is 0.297 e. The molecule has 1 N–H and O–H groups in total. The zero-order valence-electron chi connectivity index (χ0n) is 8.64. The van der Waals surface area contributed by atoms with Crippen LogP contribution in [0.3, 0.4) is 0 Å². The number of rotatable bonds is 4. The molecule has 0 aromatic carbocycles.